The van der Waals surface area contributed by atoms with Crippen LogP contribution in [-0.4, -0.2) is 103 Å². The number of esters is 1. The second-order valence-electron chi connectivity index (χ2n) is 9.11. The quantitative estimate of drug-likeness (QED) is 0.293. The molecule has 1 aromatic rings. The molecular formula is C25H38N6O6. The van der Waals surface area contributed by atoms with Gasteiger partial charge in [-0.05, 0) is 26.0 Å². The fourth-order valence-electron chi connectivity index (χ4n) is 4.97. The molecule has 0 aliphatic carbocycles. The average molecular weight is 519 g/mol. The summed E-state index contributed by atoms with van der Waals surface area (Å²) in [5, 5.41) is 4.17. The van der Waals surface area contributed by atoms with Gasteiger partial charge in [0.25, 0.3) is 0 Å². The number of primary amides is 1. The van der Waals surface area contributed by atoms with Gasteiger partial charge in [-0.3, -0.25) is 4.79 Å². The van der Waals surface area contributed by atoms with E-state index in [9.17, 15) is 9.59 Å². The number of hydrogen-bond acceptors (Lipinski definition) is 10. The third-order valence-corrected chi connectivity index (χ3v) is 6.77. The number of amides is 2. The van der Waals surface area contributed by atoms with Gasteiger partial charge in [-0.1, -0.05) is 0 Å². The van der Waals surface area contributed by atoms with Gasteiger partial charge in [-0.25, -0.2) is 10.2 Å². The van der Waals surface area contributed by atoms with Crippen molar-refractivity contribution < 1.29 is 28.5 Å². The molecule has 0 bridgehead atoms. The molecule has 0 radical (unpaired) electrons. The zero-order chi connectivity index (χ0) is 26.2. The number of hydrazone groups is 1. The summed E-state index contributed by atoms with van der Waals surface area (Å²) in [5.74, 6) is -1.28. The molecule has 12 heteroatoms. The van der Waals surface area contributed by atoms with Crippen molar-refractivity contribution in [2.45, 2.75) is 19.8 Å². The number of carbonyl (C=O) groups is 2. The van der Waals surface area contributed by atoms with E-state index in [0.29, 0.717) is 71.5 Å². The van der Waals surface area contributed by atoms with Crippen molar-refractivity contribution in [2.24, 2.45) is 10.8 Å². The van der Waals surface area contributed by atoms with E-state index in [-0.39, 0.29) is 6.61 Å². The molecule has 3 fully saturated rings. The monoisotopic (exact) mass is 518 g/mol. The van der Waals surface area contributed by atoms with Crippen molar-refractivity contribution in [1.29, 1.82) is 0 Å². The highest BCUT2D eigenvalue weighted by molar-refractivity contribution is 6.09. The Balaban J connectivity index is 1.92. The minimum atomic E-state index is -0.846. The first-order chi connectivity index (χ1) is 18.0. The second-order valence-corrected chi connectivity index (χ2v) is 9.11. The van der Waals surface area contributed by atoms with Crippen LogP contribution in [-0.2, 0) is 23.7 Å². The smallest absolute Gasteiger partial charge is 0.332 e. The van der Waals surface area contributed by atoms with Crippen LogP contribution >= 0.6 is 0 Å². The van der Waals surface area contributed by atoms with Crippen molar-refractivity contribution in [1.82, 2.24) is 5.43 Å². The summed E-state index contributed by atoms with van der Waals surface area (Å²) in [6.45, 7) is 11.7. The first-order valence-corrected chi connectivity index (χ1v) is 12.9. The van der Waals surface area contributed by atoms with Crippen LogP contribution in [0.4, 0.5) is 21.9 Å². The number of urea groups is 1. The Bertz CT molecular complexity index is 931. The standard InChI is InChI=1S/C25H38N6O6/c1-3-37-24(32)22(18(2)27-28-25(26)33)23-20(30-6-12-35-13-7-30)16-19(29-4-10-34-11-5-29)17-21(23)31-8-14-36-15-9-31/h16-17,22H,3-15H2,1-2H3,(H3,26,28,33)/b27-18+. The minimum Gasteiger partial charge on any atom is -0.465 e. The van der Waals surface area contributed by atoms with Gasteiger partial charge in [0.05, 0.1) is 52.0 Å². The Morgan fingerprint density at radius 2 is 1.38 bits per heavy atom. The number of morpholine rings is 3. The molecule has 3 aliphatic rings. The highest BCUT2D eigenvalue weighted by Gasteiger charge is 2.35. The third-order valence-electron chi connectivity index (χ3n) is 6.77. The molecule has 0 aromatic heterocycles. The predicted molar refractivity (Wildman–Crippen MR) is 141 cm³/mol. The number of anilines is 3. The molecule has 1 aromatic carbocycles. The van der Waals surface area contributed by atoms with Gasteiger partial charge in [-0.15, -0.1) is 0 Å². The Kier molecular flexibility index (Phi) is 9.42. The van der Waals surface area contributed by atoms with Crippen LogP contribution in [0.3, 0.4) is 0 Å². The van der Waals surface area contributed by atoms with Gasteiger partial charge in [0.1, 0.15) is 5.92 Å². The number of carbonyl (C=O) groups excluding carboxylic acids is 2. The number of nitrogens with one attached hydrogen (secondary N) is 1. The molecule has 204 valence electrons. The summed E-state index contributed by atoms with van der Waals surface area (Å²) in [6.07, 6.45) is 0. The summed E-state index contributed by atoms with van der Waals surface area (Å²) in [4.78, 5) is 31.8. The summed E-state index contributed by atoms with van der Waals surface area (Å²) >= 11 is 0. The zero-order valence-corrected chi connectivity index (χ0v) is 21.7. The van der Waals surface area contributed by atoms with E-state index in [1.165, 1.54) is 0 Å². The number of nitrogens with zero attached hydrogens (tertiary/aromatic N) is 4. The lowest BCUT2D eigenvalue weighted by Crippen LogP contribution is -2.41. The lowest BCUT2D eigenvalue weighted by molar-refractivity contribution is -0.143. The van der Waals surface area contributed by atoms with Crippen LogP contribution < -0.4 is 25.9 Å². The molecule has 0 saturated carbocycles. The molecule has 2 amide bonds. The van der Waals surface area contributed by atoms with E-state index in [4.69, 9.17) is 24.7 Å². The van der Waals surface area contributed by atoms with Crippen LogP contribution in [0.2, 0.25) is 0 Å². The number of nitrogens with two attached hydrogens (primary N) is 1. The Labute approximate surface area is 217 Å². The molecule has 3 heterocycles. The predicted octanol–water partition coefficient (Wildman–Crippen LogP) is 0.887. The van der Waals surface area contributed by atoms with Crippen molar-refractivity contribution in [3.8, 4) is 0 Å². The highest BCUT2D eigenvalue weighted by atomic mass is 16.5. The largest absolute Gasteiger partial charge is 0.465 e. The van der Waals surface area contributed by atoms with Crippen molar-refractivity contribution in [3.05, 3.63) is 17.7 Å². The van der Waals surface area contributed by atoms with Crippen molar-refractivity contribution in [2.75, 3.05) is 100 Å². The zero-order valence-electron chi connectivity index (χ0n) is 21.7. The van der Waals surface area contributed by atoms with Gasteiger partial charge in [0, 0.05) is 61.9 Å². The van der Waals surface area contributed by atoms with Crippen LogP contribution in [0.15, 0.2) is 17.2 Å². The molecular weight excluding hydrogens is 480 g/mol. The van der Waals surface area contributed by atoms with Crippen LogP contribution in [0.1, 0.15) is 25.3 Å². The molecule has 3 saturated heterocycles. The fourth-order valence-corrected chi connectivity index (χ4v) is 4.97. The van der Waals surface area contributed by atoms with Crippen molar-refractivity contribution >= 4 is 34.8 Å². The van der Waals surface area contributed by atoms with E-state index in [1.807, 2.05) is 0 Å². The van der Waals surface area contributed by atoms with Gasteiger partial charge in [0.2, 0.25) is 0 Å². The summed E-state index contributed by atoms with van der Waals surface area (Å²) in [5.41, 5.74) is 11.7. The van der Waals surface area contributed by atoms with Gasteiger partial charge in [0.15, 0.2) is 0 Å². The summed E-state index contributed by atoms with van der Waals surface area (Å²) in [6, 6.07) is 3.50. The average Bonchev–Trinajstić information content (AvgIpc) is 2.93. The Morgan fingerprint density at radius 3 is 1.81 bits per heavy atom. The van der Waals surface area contributed by atoms with Crippen LogP contribution in [0.25, 0.3) is 0 Å². The fraction of sp³-hybridized carbons (Fsp3) is 0.640. The second kappa shape index (κ2) is 12.9. The molecule has 1 unspecified atom stereocenters. The van der Waals surface area contributed by atoms with Crippen LogP contribution in [0, 0.1) is 0 Å². The maximum absolute atomic E-state index is 13.5. The molecule has 3 aliphatic heterocycles. The summed E-state index contributed by atoms with van der Waals surface area (Å²) < 4.78 is 22.4. The van der Waals surface area contributed by atoms with E-state index in [2.05, 4.69) is 37.4 Å². The normalized spacial score (nSPS) is 19.9. The van der Waals surface area contributed by atoms with Crippen LogP contribution in [0.5, 0.6) is 0 Å². The third kappa shape index (κ3) is 6.62. The topological polar surface area (TPSA) is 131 Å². The lowest BCUT2D eigenvalue weighted by Gasteiger charge is -2.39. The molecule has 0 spiro atoms. The SMILES string of the molecule is CCOC(=O)C(/C(C)=N/NC(N)=O)c1c(N2CCOCC2)cc(N2CCOCC2)cc1N1CCOCC1. The van der Waals surface area contributed by atoms with E-state index < -0.39 is 17.9 Å². The molecule has 12 nitrogen and oxygen atoms in total. The van der Waals surface area contributed by atoms with E-state index >= 15 is 0 Å². The number of ether oxygens (including phenoxy) is 4. The van der Waals surface area contributed by atoms with Gasteiger partial charge in [-0.2, -0.15) is 5.10 Å². The molecule has 1 atom stereocenters. The number of benzene rings is 1. The van der Waals surface area contributed by atoms with Gasteiger partial charge < -0.3 is 39.4 Å². The molecule has 4 rings (SSSR count). The van der Waals surface area contributed by atoms with E-state index in [0.717, 1.165) is 35.7 Å². The Morgan fingerprint density at radius 1 is 0.919 bits per heavy atom. The number of hydrogen-bond donors (Lipinski definition) is 2. The Hall–Kier alpha value is -3.09. The molecule has 3 N–H and O–H groups in total. The maximum atomic E-state index is 13.5. The van der Waals surface area contributed by atoms with Gasteiger partial charge >= 0.3 is 12.0 Å². The lowest BCUT2D eigenvalue weighted by atomic mass is 9.89. The number of rotatable bonds is 8. The molecule has 37 heavy (non-hydrogen) atoms. The van der Waals surface area contributed by atoms with E-state index in [1.54, 1.807) is 13.8 Å². The first-order valence-electron chi connectivity index (χ1n) is 12.9. The maximum Gasteiger partial charge on any atom is 0.332 e. The summed E-state index contributed by atoms with van der Waals surface area (Å²) in [7, 11) is 0. The minimum absolute atomic E-state index is 0.220. The highest BCUT2D eigenvalue weighted by Crippen LogP contribution is 2.42. The first kappa shape index (κ1) is 27.0. The van der Waals surface area contributed by atoms with Crippen molar-refractivity contribution in [3.63, 3.8) is 0 Å².